The zero-order chi connectivity index (χ0) is 22.5. The van der Waals surface area contributed by atoms with E-state index in [4.69, 9.17) is 14.5 Å². The molecule has 4 rings (SSSR count). The molecular formula is C25H34N4O3. The van der Waals surface area contributed by atoms with Gasteiger partial charge in [-0.05, 0) is 67.7 Å². The van der Waals surface area contributed by atoms with Gasteiger partial charge in [0.25, 0.3) is 0 Å². The summed E-state index contributed by atoms with van der Waals surface area (Å²) in [7, 11) is 3.25. The largest absolute Gasteiger partial charge is 0.493 e. The highest BCUT2D eigenvalue weighted by Gasteiger charge is 2.27. The van der Waals surface area contributed by atoms with Crippen molar-refractivity contribution in [2.45, 2.75) is 45.4 Å². The van der Waals surface area contributed by atoms with Crippen LogP contribution < -0.4 is 19.7 Å². The molecule has 0 spiro atoms. The van der Waals surface area contributed by atoms with Gasteiger partial charge >= 0.3 is 0 Å². The molecular weight excluding hydrogens is 404 g/mol. The average Bonchev–Trinajstić information content (AvgIpc) is 2.83. The van der Waals surface area contributed by atoms with Gasteiger partial charge in [-0.1, -0.05) is 13.0 Å². The van der Waals surface area contributed by atoms with Crippen LogP contribution in [0.5, 0.6) is 11.5 Å². The van der Waals surface area contributed by atoms with Gasteiger partial charge in [0.05, 0.1) is 14.2 Å². The van der Waals surface area contributed by atoms with E-state index in [1.165, 1.54) is 12.8 Å². The van der Waals surface area contributed by atoms with Crippen molar-refractivity contribution in [3.63, 3.8) is 0 Å². The number of aryl methyl sites for hydroxylation is 1. The minimum Gasteiger partial charge on any atom is -0.493 e. The normalized spacial score (nSPS) is 18.7. The number of rotatable bonds is 7. The predicted molar refractivity (Wildman–Crippen MR) is 124 cm³/mol. The second-order valence-corrected chi connectivity index (χ2v) is 8.98. The Morgan fingerprint density at radius 2 is 1.94 bits per heavy atom. The molecule has 0 unspecified atom stereocenters. The first kappa shape index (κ1) is 22.4. The molecule has 0 bridgehead atoms. The van der Waals surface area contributed by atoms with Crippen molar-refractivity contribution in [2.75, 3.05) is 38.8 Å². The number of carbonyl (C=O) groups is 1. The van der Waals surface area contributed by atoms with Gasteiger partial charge in [-0.3, -0.25) is 4.79 Å². The van der Waals surface area contributed by atoms with E-state index in [1.54, 1.807) is 14.2 Å². The van der Waals surface area contributed by atoms with E-state index < -0.39 is 0 Å². The number of fused-ring (bicyclic) bond motifs is 1. The van der Waals surface area contributed by atoms with Crippen LogP contribution in [-0.2, 0) is 24.1 Å². The number of hydrogen-bond acceptors (Lipinski definition) is 6. The molecule has 1 amide bonds. The Balaban J connectivity index is 1.29. The highest BCUT2D eigenvalue weighted by atomic mass is 16.5. The van der Waals surface area contributed by atoms with Gasteiger partial charge in [0.15, 0.2) is 11.5 Å². The molecule has 1 aliphatic carbocycles. The summed E-state index contributed by atoms with van der Waals surface area (Å²) in [4.78, 5) is 24.5. The third kappa shape index (κ3) is 5.14. The Labute approximate surface area is 190 Å². The van der Waals surface area contributed by atoms with Crippen LogP contribution in [0.15, 0.2) is 24.4 Å². The number of hydrogen-bond donors (Lipinski definition) is 1. The topological polar surface area (TPSA) is 76.6 Å². The molecule has 2 heterocycles. The van der Waals surface area contributed by atoms with Gasteiger partial charge in [-0.2, -0.15) is 0 Å². The SMILES string of the molecule is COc1ccc(CCNC(=O)[C@H]2CCc3nc(N4CCC(C)CC4)ncc3C2)cc1OC. The lowest BCUT2D eigenvalue weighted by Gasteiger charge is -2.31. The second kappa shape index (κ2) is 10.2. The van der Waals surface area contributed by atoms with Crippen molar-refractivity contribution < 1.29 is 14.3 Å². The third-order valence-corrected chi connectivity index (χ3v) is 6.74. The number of aromatic nitrogens is 2. The van der Waals surface area contributed by atoms with Crippen LogP contribution in [0.3, 0.4) is 0 Å². The van der Waals surface area contributed by atoms with Crippen LogP contribution in [0.1, 0.15) is 43.0 Å². The molecule has 7 heteroatoms. The van der Waals surface area contributed by atoms with Crippen molar-refractivity contribution >= 4 is 11.9 Å². The number of anilines is 1. The molecule has 172 valence electrons. The van der Waals surface area contributed by atoms with Crippen LogP contribution in [0.4, 0.5) is 5.95 Å². The fourth-order valence-electron chi connectivity index (χ4n) is 4.59. The predicted octanol–water partition coefficient (Wildman–Crippen LogP) is 3.19. The van der Waals surface area contributed by atoms with Crippen LogP contribution >= 0.6 is 0 Å². The van der Waals surface area contributed by atoms with Gasteiger partial charge in [0.2, 0.25) is 11.9 Å². The summed E-state index contributed by atoms with van der Waals surface area (Å²) in [6.45, 7) is 4.97. The standard InChI is InChI=1S/C25H34N4O3/c1-17-9-12-29(13-10-17)25-27-16-20-15-19(5-6-21(20)28-25)24(30)26-11-8-18-4-7-22(31-2)23(14-18)32-3/h4,7,14,16-17,19H,5-6,8-13,15H2,1-3H3,(H,26,30)/t19-/m0/s1. The lowest BCUT2D eigenvalue weighted by atomic mass is 9.86. The van der Waals surface area contributed by atoms with E-state index in [9.17, 15) is 4.79 Å². The first-order valence-electron chi connectivity index (χ1n) is 11.7. The van der Waals surface area contributed by atoms with Crippen molar-refractivity contribution in [1.82, 2.24) is 15.3 Å². The highest BCUT2D eigenvalue weighted by Crippen LogP contribution is 2.28. The number of carbonyl (C=O) groups excluding carboxylic acids is 1. The molecule has 0 radical (unpaired) electrons. The molecule has 1 aliphatic heterocycles. The molecule has 1 aromatic heterocycles. The molecule has 7 nitrogen and oxygen atoms in total. The molecule has 2 aromatic rings. The minimum atomic E-state index is -0.0156. The second-order valence-electron chi connectivity index (χ2n) is 8.98. The van der Waals surface area contributed by atoms with Gasteiger partial charge in [-0.15, -0.1) is 0 Å². The minimum absolute atomic E-state index is 0.0156. The lowest BCUT2D eigenvalue weighted by molar-refractivity contribution is -0.125. The summed E-state index contributed by atoms with van der Waals surface area (Å²) < 4.78 is 10.6. The Hall–Kier alpha value is -2.83. The van der Waals surface area contributed by atoms with Gasteiger partial charge in [0.1, 0.15) is 0 Å². The summed E-state index contributed by atoms with van der Waals surface area (Å²) >= 11 is 0. The summed E-state index contributed by atoms with van der Waals surface area (Å²) in [6.07, 6.45) is 7.48. The first-order chi connectivity index (χ1) is 15.6. The van der Waals surface area contributed by atoms with E-state index in [2.05, 4.69) is 22.1 Å². The first-order valence-corrected chi connectivity index (χ1v) is 11.7. The van der Waals surface area contributed by atoms with Gasteiger partial charge < -0.3 is 19.7 Å². The van der Waals surface area contributed by atoms with Crippen LogP contribution in [0.25, 0.3) is 0 Å². The van der Waals surface area contributed by atoms with Crippen LogP contribution in [-0.4, -0.2) is 49.7 Å². The van der Waals surface area contributed by atoms with E-state index in [-0.39, 0.29) is 11.8 Å². The Morgan fingerprint density at radius 1 is 1.16 bits per heavy atom. The molecule has 1 fully saturated rings. The Kier molecular flexibility index (Phi) is 7.12. The monoisotopic (exact) mass is 438 g/mol. The summed E-state index contributed by atoms with van der Waals surface area (Å²) in [5.74, 6) is 3.16. The third-order valence-electron chi connectivity index (χ3n) is 6.74. The molecule has 1 saturated heterocycles. The number of methoxy groups -OCH3 is 2. The smallest absolute Gasteiger partial charge is 0.225 e. The molecule has 32 heavy (non-hydrogen) atoms. The van der Waals surface area contributed by atoms with Crippen molar-refractivity contribution in [2.24, 2.45) is 11.8 Å². The molecule has 2 aliphatic rings. The molecule has 1 N–H and O–H groups in total. The number of ether oxygens (including phenoxy) is 2. The van der Waals surface area contributed by atoms with E-state index in [1.807, 2.05) is 24.4 Å². The van der Waals surface area contributed by atoms with Crippen molar-refractivity contribution in [1.29, 1.82) is 0 Å². The fraction of sp³-hybridized carbons (Fsp3) is 0.560. The van der Waals surface area contributed by atoms with Crippen molar-refractivity contribution in [3.8, 4) is 11.5 Å². The number of piperidine rings is 1. The zero-order valence-electron chi connectivity index (χ0n) is 19.4. The molecule has 0 saturated carbocycles. The number of benzene rings is 1. The Morgan fingerprint density at radius 3 is 2.69 bits per heavy atom. The van der Waals surface area contributed by atoms with Crippen LogP contribution in [0, 0.1) is 11.8 Å². The molecule has 1 aromatic carbocycles. The van der Waals surface area contributed by atoms with Gasteiger partial charge in [-0.25, -0.2) is 9.97 Å². The summed E-state index contributed by atoms with van der Waals surface area (Å²) in [5, 5.41) is 3.10. The number of amides is 1. The lowest BCUT2D eigenvalue weighted by Crippen LogP contribution is -2.36. The van der Waals surface area contributed by atoms with Crippen molar-refractivity contribution in [3.05, 3.63) is 41.2 Å². The maximum atomic E-state index is 12.8. The summed E-state index contributed by atoms with van der Waals surface area (Å²) in [6, 6.07) is 5.86. The quantitative estimate of drug-likeness (QED) is 0.716. The van der Waals surface area contributed by atoms with E-state index in [0.717, 1.165) is 67.5 Å². The number of nitrogens with zero attached hydrogens (tertiary/aromatic N) is 3. The number of nitrogens with one attached hydrogen (secondary N) is 1. The van der Waals surface area contributed by atoms with E-state index in [0.29, 0.717) is 18.0 Å². The van der Waals surface area contributed by atoms with Gasteiger partial charge in [0, 0.05) is 37.4 Å². The Bertz CT molecular complexity index is 941. The maximum absolute atomic E-state index is 12.8. The maximum Gasteiger partial charge on any atom is 0.225 e. The van der Waals surface area contributed by atoms with Crippen LogP contribution in [0.2, 0.25) is 0 Å². The average molecular weight is 439 g/mol. The fourth-order valence-corrected chi connectivity index (χ4v) is 4.59. The van der Waals surface area contributed by atoms with E-state index >= 15 is 0 Å². The molecule has 1 atom stereocenters. The summed E-state index contributed by atoms with van der Waals surface area (Å²) in [5.41, 5.74) is 3.33. The highest BCUT2D eigenvalue weighted by molar-refractivity contribution is 5.79. The zero-order valence-corrected chi connectivity index (χ0v) is 19.4.